The summed E-state index contributed by atoms with van der Waals surface area (Å²) < 4.78 is 0. The zero-order valence-corrected chi connectivity index (χ0v) is 10.1. The highest BCUT2D eigenvalue weighted by atomic mass is 35.5. The fraction of sp³-hybridized carbons (Fsp3) is 0.600. The molecule has 0 saturated heterocycles. The molecule has 76 valence electrons. The molecule has 0 saturated carbocycles. The number of rotatable bonds is 0. The van der Waals surface area contributed by atoms with Crippen molar-refractivity contribution in [1.82, 2.24) is 10.0 Å². The summed E-state index contributed by atoms with van der Waals surface area (Å²) in [6.45, 7) is 8.67. The molecular formula is C10H19ClN2. The van der Waals surface area contributed by atoms with Crippen LogP contribution < -0.4 is 0 Å². The van der Waals surface area contributed by atoms with E-state index in [1.165, 1.54) is 22.5 Å². The van der Waals surface area contributed by atoms with Gasteiger partial charge in [-0.3, -0.25) is 10.0 Å². The molecule has 0 aliphatic carbocycles. The van der Waals surface area contributed by atoms with Gasteiger partial charge in [0.15, 0.2) is 0 Å². The van der Waals surface area contributed by atoms with Crippen molar-refractivity contribution in [3.63, 3.8) is 0 Å². The van der Waals surface area contributed by atoms with Crippen molar-refractivity contribution in [1.29, 1.82) is 0 Å². The fourth-order valence-electron chi connectivity index (χ4n) is 1.48. The van der Waals surface area contributed by atoms with Gasteiger partial charge in [0.1, 0.15) is 0 Å². The average Bonchev–Trinajstić information content (AvgIpc) is 2.08. The topological polar surface area (TPSA) is 6.48 Å². The summed E-state index contributed by atoms with van der Waals surface area (Å²) in [4.78, 5) is 0. The molecule has 0 aromatic carbocycles. The minimum absolute atomic E-state index is 0. The summed E-state index contributed by atoms with van der Waals surface area (Å²) in [6.07, 6.45) is 0. The van der Waals surface area contributed by atoms with Crippen LogP contribution in [0.4, 0.5) is 0 Å². The molecule has 13 heavy (non-hydrogen) atoms. The molecule has 3 heteroatoms. The van der Waals surface area contributed by atoms with E-state index in [9.17, 15) is 0 Å². The van der Waals surface area contributed by atoms with E-state index < -0.39 is 0 Å². The quantitative estimate of drug-likeness (QED) is 0.596. The molecule has 0 unspecified atom stereocenters. The molecule has 0 bridgehead atoms. The molecule has 0 atom stereocenters. The Morgan fingerprint density at radius 1 is 0.692 bits per heavy atom. The first kappa shape index (κ1) is 12.4. The van der Waals surface area contributed by atoms with Crippen LogP contribution in [-0.4, -0.2) is 24.1 Å². The van der Waals surface area contributed by atoms with Crippen LogP contribution in [0.15, 0.2) is 22.5 Å². The van der Waals surface area contributed by atoms with Crippen LogP contribution in [0.25, 0.3) is 0 Å². The van der Waals surface area contributed by atoms with Crippen molar-refractivity contribution in [3.05, 3.63) is 22.5 Å². The third-order valence-electron chi connectivity index (χ3n) is 3.07. The Labute approximate surface area is 87.3 Å². The summed E-state index contributed by atoms with van der Waals surface area (Å²) in [6, 6.07) is 0. The van der Waals surface area contributed by atoms with E-state index in [1.54, 1.807) is 0 Å². The lowest BCUT2D eigenvalue weighted by atomic mass is 10.0. The van der Waals surface area contributed by atoms with E-state index in [1.807, 2.05) is 0 Å². The van der Waals surface area contributed by atoms with Gasteiger partial charge in [-0.1, -0.05) is 0 Å². The van der Waals surface area contributed by atoms with E-state index in [2.05, 4.69) is 51.8 Å². The molecule has 0 aromatic rings. The van der Waals surface area contributed by atoms with Gasteiger partial charge in [0.2, 0.25) is 0 Å². The first-order valence-electron chi connectivity index (χ1n) is 4.29. The first-order chi connectivity index (χ1) is 5.46. The number of hydrazine groups is 1. The van der Waals surface area contributed by atoms with Gasteiger partial charge in [-0.25, -0.2) is 0 Å². The Hall–Kier alpha value is -0.630. The normalized spacial score (nSPS) is 18.0. The molecule has 0 aromatic heterocycles. The molecule has 0 spiro atoms. The molecular weight excluding hydrogens is 184 g/mol. The van der Waals surface area contributed by atoms with Gasteiger partial charge in [-0.05, 0) is 38.8 Å². The van der Waals surface area contributed by atoms with E-state index in [0.29, 0.717) is 0 Å². The van der Waals surface area contributed by atoms with Crippen molar-refractivity contribution in [3.8, 4) is 0 Å². The number of allylic oxidation sites excluding steroid dienone is 4. The highest BCUT2D eigenvalue weighted by Gasteiger charge is 2.18. The number of nitrogens with zero attached hydrogens (tertiary/aromatic N) is 2. The summed E-state index contributed by atoms with van der Waals surface area (Å²) in [5, 5.41) is 4.36. The SMILES string of the molecule is CC1=C(C)N(C)N(C)C(C)=C1C.Cl. The second-order valence-corrected chi connectivity index (χ2v) is 3.47. The molecule has 0 fully saturated rings. The van der Waals surface area contributed by atoms with Gasteiger partial charge in [0.25, 0.3) is 0 Å². The predicted molar refractivity (Wildman–Crippen MR) is 59.5 cm³/mol. The van der Waals surface area contributed by atoms with Gasteiger partial charge in [-0.15, -0.1) is 12.4 Å². The van der Waals surface area contributed by atoms with Crippen molar-refractivity contribution in [2.75, 3.05) is 14.1 Å². The Kier molecular flexibility index (Phi) is 3.86. The average molecular weight is 203 g/mol. The highest BCUT2D eigenvalue weighted by molar-refractivity contribution is 5.85. The minimum Gasteiger partial charge on any atom is -0.293 e. The van der Waals surface area contributed by atoms with Crippen molar-refractivity contribution >= 4 is 12.4 Å². The first-order valence-corrected chi connectivity index (χ1v) is 4.29. The monoisotopic (exact) mass is 202 g/mol. The fourth-order valence-corrected chi connectivity index (χ4v) is 1.48. The van der Waals surface area contributed by atoms with Crippen LogP contribution in [0, 0.1) is 0 Å². The third kappa shape index (κ3) is 1.83. The lowest BCUT2D eigenvalue weighted by molar-refractivity contribution is 0.0995. The maximum Gasteiger partial charge on any atom is 0.0346 e. The van der Waals surface area contributed by atoms with E-state index in [0.717, 1.165) is 0 Å². The number of hydrogen-bond donors (Lipinski definition) is 0. The maximum absolute atomic E-state index is 2.18. The molecule has 1 aliphatic rings. The molecule has 0 N–H and O–H groups in total. The zero-order chi connectivity index (χ0) is 9.46. The van der Waals surface area contributed by atoms with Gasteiger partial charge >= 0.3 is 0 Å². The second-order valence-electron chi connectivity index (χ2n) is 3.47. The summed E-state index contributed by atoms with van der Waals surface area (Å²) in [7, 11) is 4.18. The van der Waals surface area contributed by atoms with Gasteiger partial charge < -0.3 is 0 Å². The predicted octanol–water partition coefficient (Wildman–Crippen LogP) is 2.79. The number of halogens is 1. The van der Waals surface area contributed by atoms with E-state index in [4.69, 9.17) is 0 Å². The summed E-state index contributed by atoms with van der Waals surface area (Å²) in [5.74, 6) is 0. The van der Waals surface area contributed by atoms with Crippen molar-refractivity contribution < 1.29 is 0 Å². The van der Waals surface area contributed by atoms with Gasteiger partial charge in [-0.2, -0.15) is 0 Å². The van der Waals surface area contributed by atoms with Crippen LogP contribution in [0.2, 0.25) is 0 Å². The van der Waals surface area contributed by atoms with E-state index >= 15 is 0 Å². The van der Waals surface area contributed by atoms with E-state index in [-0.39, 0.29) is 12.4 Å². The molecule has 2 nitrogen and oxygen atoms in total. The van der Waals surface area contributed by atoms with Gasteiger partial charge in [0.05, 0.1) is 0 Å². The van der Waals surface area contributed by atoms with Crippen LogP contribution in [-0.2, 0) is 0 Å². The van der Waals surface area contributed by atoms with Crippen LogP contribution in [0.3, 0.4) is 0 Å². The molecule has 0 radical (unpaired) electrons. The standard InChI is InChI=1S/C10H18N2.ClH/c1-7-8(2)10(4)12(6)11(5)9(7)3;/h1-6H3;1H. The van der Waals surface area contributed by atoms with Gasteiger partial charge in [0, 0.05) is 25.5 Å². The highest BCUT2D eigenvalue weighted by Crippen LogP contribution is 2.27. The molecule has 1 rings (SSSR count). The molecule has 1 heterocycles. The molecule has 0 amide bonds. The number of hydrogen-bond acceptors (Lipinski definition) is 2. The Balaban J connectivity index is 0.00000144. The summed E-state index contributed by atoms with van der Waals surface area (Å²) in [5.41, 5.74) is 5.46. The third-order valence-corrected chi connectivity index (χ3v) is 3.07. The second kappa shape index (κ2) is 4.05. The smallest absolute Gasteiger partial charge is 0.0346 e. The Morgan fingerprint density at radius 3 is 1.15 bits per heavy atom. The maximum atomic E-state index is 2.18. The van der Waals surface area contributed by atoms with Crippen LogP contribution in [0.1, 0.15) is 27.7 Å². The Morgan fingerprint density at radius 2 is 0.923 bits per heavy atom. The minimum atomic E-state index is 0. The van der Waals surface area contributed by atoms with Crippen LogP contribution >= 0.6 is 12.4 Å². The van der Waals surface area contributed by atoms with Crippen molar-refractivity contribution in [2.45, 2.75) is 27.7 Å². The summed E-state index contributed by atoms with van der Waals surface area (Å²) >= 11 is 0. The lowest BCUT2D eigenvalue weighted by Crippen LogP contribution is -2.37. The van der Waals surface area contributed by atoms with Crippen molar-refractivity contribution in [2.24, 2.45) is 0 Å². The lowest BCUT2D eigenvalue weighted by Gasteiger charge is -2.39. The molecule has 1 aliphatic heterocycles. The Bertz CT molecular complexity index is 238. The van der Waals surface area contributed by atoms with Crippen LogP contribution in [0.5, 0.6) is 0 Å². The zero-order valence-electron chi connectivity index (χ0n) is 9.30. The largest absolute Gasteiger partial charge is 0.293 e.